The third-order valence-electron chi connectivity index (χ3n) is 3.22. The van der Waals surface area contributed by atoms with Crippen LogP contribution >= 0.6 is 0 Å². The zero-order valence-corrected chi connectivity index (χ0v) is 11.9. The predicted molar refractivity (Wildman–Crippen MR) is 79.1 cm³/mol. The van der Waals surface area contributed by atoms with E-state index in [1.807, 2.05) is 0 Å². The molecule has 0 radical (unpaired) electrons. The number of hydrogen-bond donors (Lipinski definition) is 4. The first-order valence-corrected chi connectivity index (χ1v) is 6.22. The van der Waals surface area contributed by atoms with Crippen molar-refractivity contribution in [3.8, 4) is 0 Å². The molecule has 8 nitrogen and oxygen atoms in total. The highest BCUT2D eigenvalue weighted by molar-refractivity contribution is 6.11. The van der Waals surface area contributed by atoms with Crippen molar-refractivity contribution >= 4 is 23.3 Å². The van der Waals surface area contributed by atoms with Gasteiger partial charge in [-0.3, -0.25) is 14.8 Å². The number of aryl methyl sites for hydroxylation is 1. The minimum absolute atomic E-state index is 0.202. The number of nitrogens with one attached hydrogen (secondary N) is 4. The lowest BCUT2D eigenvalue weighted by molar-refractivity contribution is -0.109. The number of carbonyl (C=O) groups excluding carboxylic acids is 1. The highest BCUT2D eigenvalue weighted by Gasteiger charge is 2.12. The Hall–Kier alpha value is -2.90. The summed E-state index contributed by atoms with van der Waals surface area (Å²) in [6.07, 6.45) is 2.06. The number of carbonyl (C=O) groups is 1. The first-order chi connectivity index (χ1) is 9.99. The Balaban J connectivity index is 2.48. The van der Waals surface area contributed by atoms with Gasteiger partial charge in [-0.05, 0) is 13.0 Å². The van der Waals surface area contributed by atoms with Crippen molar-refractivity contribution in [2.24, 2.45) is 7.05 Å². The van der Waals surface area contributed by atoms with Crippen LogP contribution in [0.3, 0.4) is 0 Å². The maximum absolute atomic E-state index is 11.5. The standard InChI is InChI=1S/C13H16N6O2/c1-7(11(15-2)17-6-20)10(14)8-4-9-12(16-5-8)19(3)13(21)18-9/h4-6,14-15H,1-3H3,(H,17,20)(H,18,21)/b11-7+,14-10?. The topological polar surface area (TPSA) is 116 Å². The lowest BCUT2D eigenvalue weighted by atomic mass is 10.1. The number of H-pyrrole nitrogens is 1. The summed E-state index contributed by atoms with van der Waals surface area (Å²) in [6, 6.07) is 1.68. The monoisotopic (exact) mass is 288 g/mol. The van der Waals surface area contributed by atoms with Crippen LogP contribution in [0.5, 0.6) is 0 Å². The first kappa shape index (κ1) is 14.5. The average Bonchev–Trinajstić information content (AvgIpc) is 2.77. The summed E-state index contributed by atoms with van der Waals surface area (Å²) in [5.41, 5.74) is 2.14. The van der Waals surface area contributed by atoms with Gasteiger partial charge in [-0.2, -0.15) is 0 Å². The number of fused-ring (bicyclic) bond motifs is 1. The van der Waals surface area contributed by atoms with Crippen molar-refractivity contribution in [1.29, 1.82) is 5.41 Å². The highest BCUT2D eigenvalue weighted by Crippen LogP contribution is 2.13. The second kappa shape index (κ2) is 5.61. The largest absolute Gasteiger partial charge is 0.374 e. The number of rotatable bonds is 5. The van der Waals surface area contributed by atoms with Crippen molar-refractivity contribution in [3.63, 3.8) is 0 Å². The number of hydrogen-bond acceptors (Lipinski definition) is 5. The van der Waals surface area contributed by atoms with Crippen LogP contribution < -0.4 is 16.3 Å². The number of pyridine rings is 1. The van der Waals surface area contributed by atoms with E-state index in [0.29, 0.717) is 34.5 Å². The summed E-state index contributed by atoms with van der Waals surface area (Å²) in [5.74, 6) is 0.441. The van der Waals surface area contributed by atoms with Gasteiger partial charge in [0.05, 0.1) is 11.2 Å². The van der Waals surface area contributed by atoms with E-state index in [1.54, 1.807) is 27.1 Å². The van der Waals surface area contributed by atoms with Crippen molar-refractivity contribution in [1.82, 2.24) is 25.2 Å². The van der Waals surface area contributed by atoms with E-state index in [4.69, 9.17) is 5.41 Å². The quantitative estimate of drug-likeness (QED) is 0.451. The van der Waals surface area contributed by atoms with Crippen LogP contribution in [-0.4, -0.2) is 33.7 Å². The summed E-state index contributed by atoms with van der Waals surface area (Å²) >= 11 is 0. The summed E-state index contributed by atoms with van der Waals surface area (Å²) in [5, 5.41) is 13.5. The molecule has 0 bridgehead atoms. The summed E-state index contributed by atoms with van der Waals surface area (Å²) in [7, 11) is 3.27. The Labute approximate surface area is 120 Å². The Morgan fingerprint density at radius 1 is 1.52 bits per heavy atom. The van der Waals surface area contributed by atoms with Gasteiger partial charge < -0.3 is 15.6 Å². The summed E-state index contributed by atoms with van der Waals surface area (Å²) in [6.45, 7) is 1.71. The van der Waals surface area contributed by atoms with E-state index in [-0.39, 0.29) is 11.4 Å². The molecule has 8 heteroatoms. The van der Waals surface area contributed by atoms with Crippen molar-refractivity contribution in [2.45, 2.75) is 6.92 Å². The third kappa shape index (κ3) is 2.55. The predicted octanol–water partition coefficient (Wildman–Crippen LogP) is -0.174. The van der Waals surface area contributed by atoms with Crippen LogP contribution in [0.1, 0.15) is 12.5 Å². The Morgan fingerprint density at radius 2 is 2.24 bits per heavy atom. The van der Waals surface area contributed by atoms with Gasteiger partial charge in [-0.15, -0.1) is 0 Å². The molecule has 0 saturated heterocycles. The van der Waals surface area contributed by atoms with Crippen LogP contribution in [0, 0.1) is 5.41 Å². The van der Waals surface area contributed by atoms with Crippen LogP contribution in [0.4, 0.5) is 0 Å². The molecule has 0 aromatic carbocycles. The van der Waals surface area contributed by atoms with Crippen LogP contribution in [0.15, 0.2) is 28.5 Å². The van der Waals surface area contributed by atoms with Crippen LogP contribution in [0.25, 0.3) is 11.2 Å². The third-order valence-corrected chi connectivity index (χ3v) is 3.22. The zero-order chi connectivity index (χ0) is 15.6. The second-order valence-corrected chi connectivity index (χ2v) is 4.47. The minimum atomic E-state index is -0.257. The molecule has 0 aliphatic heterocycles. The second-order valence-electron chi connectivity index (χ2n) is 4.47. The van der Waals surface area contributed by atoms with Gasteiger partial charge >= 0.3 is 5.69 Å². The molecule has 1 amide bonds. The molecule has 2 aromatic rings. The summed E-state index contributed by atoms with van der Waals surface area (Å²) < 4.78 is 1.40. The van der Waals surface area contributed by atoms with E-state index in [9.17, 15) is 9.59 Å². The number of nitrogens with zero attached hydrogens (tertiary/aromatic N) is 2. The molecule has 0 saturated carbocycles. The SMILES string of the molecule is CN/C(NC=O)=C(/C)C(=N)c1cnc2c(c1)[nH]c(=O)n2C. The zero-order valence-electron chi connectivity index (χ0n) is 11.9. The molecule has 21 heavy (non-hydrogen) atoms. The minimum Gasteiger partial charge on any atom is -0.374 e. The molecule has 2 heterocycles. The lowest BCUT2D eigenvalue weighted by Crippen LogP contribution is -2.25. The highest BCUT2D eigenvalue weighted by atomic mass is 16.1. The van der Waals surface area contributed by atoms with Gasteiger partial charge in [0.2, 0.25) is 6.41 Å². The van der Waals surface area contributed by atoms with E-state index >= 15 is 0 Å². The molecule has 0 unspecified atom stereocenters. The fraction of sp³-hybridized carbons (Fsp3) is 0.231. The van der Waals surface area contributed by atoms with Gasteiger partial charge in [-0.25, -0.2) is 9.78 Å². The van der Waals surface area contributed by atoms with Gasteiger partial charge in [0.25, 0.3) is 0 Å². The molecular weight excluding hydrogens is 272 g/mol. The smallest absolute Gasteiger partial charge is 0.327 e. The number of allylic oxidation sites excluding steroid dienone is 1. The van der Waals surface area contributed by atoms with E-state index in [1.165, 1.54) is 10.8 Å². The van der Waals surface area contributed by atoms with Crippen molar-refractivity contribution in [3.05, 3.63) is 39.7 Å². The van der Waals surface area contributed by atoms with E-state index in [0.717, 1.165) is 0 Å². The molecule has 0 aliphatic carbocycles. The Kier molecular flexibility index (Phi) is 3.88. The lowest BCUT2D eigenvalue weighted by Gasteiger charge is -2.11. The number of aromatic nitrogens is 3. The van der Waals surface area contributed by atoms with Crippen molar-refractivity contribution < 1.29 is 4.79 Å². The van der Waals surface area contributed by atoms with Gasteiger partial charge in [0.15, 0.2) is 5.65 Å². The molecule has 4 N–H and O–H groups in total. The van der Waals surface area contributed by atoms with E-state index in [2.05, 4.69) is 20.6 Å². The van der Waals surface area contributed by atoms with Crippen molar-refractivity contribution in [2.75, 3.05) is 7.05 Å². The average molecular weight is 288 g/mol. The fourth-order valence-electron chi connectivity index (χ4n) is 2.02. The van der Waals surface area contributed by atoms with Gasteiger partial charge in [-0.1, -0.05) is 0 Å². The molecular formula is C13H16N6O2. The Morgan fingerprint density at radius 3 is 2.86 bits per heavy atom. The summed E-state index contributed by atoms with van der Waals surface area (Å²) in [4.78, 5) is 28.9. The van der Waals surface area contributed by atoms with Gasteiger partial charge in [0.1, 0.15) is 5.82 Å². The number of imidazole rings is 1. The van der Waals surface area contributed by atoms with Crippen LogP contribution in [0.2, 0.25) is 0 Å². The normalized spacial score (nSPS) is 12.0. The molecule has 0 spiro atoms. The fourth-order valence-corrected chi connectivity index (χ4v) is 2.02. The molecule has 110 valence electrons. The first-order valence-electron chi connectivity index (χ1n) is 6.22. The van der Waals surface area contributed by atoms with Crippen LogP contribution in [-0.2, 0) is 11.8 Å². The molecule has 0 atom stereocenters. The molecule has 0 aliphatic rings. The maximum atomic E-state index is 11.5. The molecule has 2 aromatic heterocycles. The maximum Gasteiger partial charge on any atom is 0.327 e. The number of aromatic amines is 1. The Bertz CT molecular complexity index is 799. The van der Waals surface area contributed by atoms with E-state index < -0.39 is 0 Å². The number of amides is 1. The van der Waals surface area contributed by atoms with Gasteiger partial charge in [0, 0.05) is 31.4 Å². The molecule has 2 rings (SSSR count). The molecule has 0 fully saturated rings.